The van der Waals surface area contributed by atoms with Crippen LogP contribution in [0.15, 0.2) is 16.9 Å². The summed E-state index contributed by atoms with van der Waals surface area (Å²) in [5, 5.41) is 0.404. The number of aryl methyl sites for hydroxylation is 1. The van der Waals surface area contributed by atoms with Gasteiger partial charge in [0, 0.05) is 10.9 Å². The minimum atomic E-state index is -0.753. The molecule has 4 nitrogen and oxygen atoms in total. The van der Waals surface area contributed by atoms with Crippen molar-refractivity contribution in [2.45, 2.75) is 6.92 Å². The Morgan fingerprint density at radius 3 is 2.72 bits per heavy atom. The first-order chi connectivity index (χ1) is 8.45. The molecule has 0 aliphatic rings. The maximum absolute atomic E-state index is 13.6. The number of fused-ring (bicyclic) bond motifs is 1. The molecule has 1 aromatic carbocycles. The third-order valence-electron chi connectivity index (χ3n) is 2.67. The van der Waals surface area contributed by atoms with E-state index in [1.807, 2.05) is 0 Å². The third kappa shape index (κ3) is 1.86. The smallest absolute Gasteiger partial charge is 0.343 e. The fourth-order valence-corrected chi connectivity index (χ4v) is 1.98. The monoisotopic (exact) mass is 269 g/mol. The van der Waals surface area contributed by atoms with E-state index in [1.54, 1.807) is 0 Å². The van der Waals surface area contributed by atoms with Gasteiger partial charge in [-0.2, -0.15) is 0 Å². The number of H-pyrrole nitrogens is 1. The molecule has 0 amide bonds. The highest BCUT2D eigenvalue weighted by molar-refractivity contribution is 6.31. The summed E-state index contributed by atoms with van der Waals surface area (Å²) in [4.78, 5) is 25.5. The van der Waals surface area contributed by atoms with Crippen LogP contribution >= 0.6 is 11.6 Å². The molecule has 1 N–H and O–H groups in total. The van der Waals surface area contributed by atoms with E-state index in [0.717, 1.165) is 0 Å². The number of ether oxygens (including phenoxy) is 1. The molecule has 0 radical (unpaired) electrons. The van der Waals surface area contributed by atoms with E-state index in [-0.39, 0.29) is 16.1 Å². The van der Waals surface area contributed by atoms with Crippen LogP contribution in [-0.4, -0.2) is 18.1 Å². The van der Waals surface area contributed by atoms with Gasteiger partial charge in [-0.05, 0) is 19.1 Å². The molecule has 0 bridgehead atoms. The Labute approximate surface area is 106 Å². The Kier molecular flexibility index (Phi) is 3.09. The van der Waals surface area contributed by atoms with E-state index in [9.17, 15) is 14.0 Å². The summed E-state index contributed by atoms with van der Waals surface area (Å²) in [6, 6.07) is 2.68. The predicted octanol–water partition coefficient (Wildman–Crippen LogP) is 2.42. The fraction of sp³-hybridized carbons (Fsp3) is 0.167. The van der Waals surface area contributed by atoms with E-state index in [0.29, 0.717) is 10.9 Å². The number of halogens is 2. The molecule has 0 saturated carbocycles. The van der Waals surface area contributed by atoms with Gasteiger partial charge in [0.1, 0.15) is 11.4 Å². The summed E-state index contributed by atoms with van der Waals surface area (Å²) in [7, 11) is 1.18. The molecule has 0 fully saturated rings. The van der Waals surface area contributed by atoms with Crippen molar-refractivity contribution in [1.82, 2.24) is 4.98 Å². The molecular weight excluding hydrogens is 261 g/mol. The van der Waals surface area contributed by atoms with E-state index in [2.05, 4.69) is 9.72 Å². The van der Waals surface area contributed by atoms with Crippen LogP contribution in [0.1, 0.15) is 15.9 Å². The van der Waals surface area contributed by atoms with Crippen molar-refractivity contribution in [1.29, 1.82) is 0 Å². The molecule has 94 valence electrons. The summed E-state index contributed by atoms with van der Waals surface area (Å²) >= 11 is 5.72. The van der Waals surface area contributed by atoms with Gasteiger partial charge in [-0.1, -0.05) is 11.6 Å². The van der Waals surface area contributed by atoms with Crippen molar-refractivity contribution in [2.75, 3.05) is 7.11 Å². The first-order valence-corrected chi connectivity index (χ1v) is 5.43. The Morgan fingerprint density at radius 1 is 1.44 bits per heavy atom. The summed E-state index contributed by atoms with van der Waals surface area (Å²) < 4.78 is 18.1. The molecule has 1 aromatic heterocycles. The van der Waals surface area contributed by atoms with Crippen LogP contribution in [-0.2, 0) is 4.74 Å². The summed E-state index contributed by atoms with van der Waals surface area (Å²) in [6.45, 7) is 1.50. The highest BCUT2D eigenvalue weighted by Crippen LogP contribution is 2.25. The lowest BCUT2D eigenvalue weighted by molar-refractivity contribution is 0.0599. The zero-order valence-corrected chi connectivity index (χ0v) is 10.4. The number of nitrogens with one attached hydrogen (secondary N) is 1. The SMILES string of the molecule is COC(=O)c1cc2cc(Cl)c(F)c(C)c2[nH]c1=O. The number of carbonyl (C=O) groups is 1. The van der Waals surface area contributed by atoms with E-state index < -0.39 is 17.3 Å². The van der Waals surface area contributed by atoms with Crippen molar-refractivity contribution in [3.63, 3.8) is 0 Å². The molecule has 2 rings (SSSR count). The average Bonchev–Trinajstić information content (AvgIpc) is 2.36. The topological polar surface area (TPSA) is 59.2 Å². The molecule has 2 aromatic rings. The largest absolute Gasteiger partial charge is 0.465 e. The number of aromatic nitrogens is 1. The number of pyridine rings is 1. The minimum Gasteiger partial charge on any atom is -0.465 e. The molecule has 6 heteroatoms. The van der Waals surface area contributed by atoms with Gasteiger partial charge in [0.05, 0.1) is 17.6 Å². The van der Waals surface area contributed by atoms with Gasteiger partial charge in [0.15, 0.2) is 0 Å². The van der Waals surface area contributed by atoms with Gasteiger partial charge >= 0.3 is 5.97 Å². The highest BCUT2D eigenvalue weighted by Gasteiger charge is 2.15. The van der Waals surface area contributed by atoms with Crippen molar-refractivity contribution >= 4 is 28.5 Å². The molecule has 0 aliphatic heterocycles. The van der Waals surface area contributed by atoms with Crippen LogP contribution in [0.4, 0.5) is 4.39 Å². The molecule has 0 aliphatic carbocycles. The van der Waals surface area contributed by atoms with Crippen molar-refractivity contribution in [3.05, 3.63) is 44.5 Å². The third-order valence-corrected chi connectivity index (χ3v) is 2.95. The van der Waals surface area contributed by atoms with Crippen LogP contribution in [0.2, 0.25) is 5.02 Å². The minimum absolute atomic E-state index is 0.0668. The van der Waals surface area contributed by atoms with Gasteiger partial charge in [-0.3, -0.25) is 4.79 Å². The lowest BCUT2D eigenvalue weighted by Crippen LogP contribution is -2.19. The highest BCUT2D eigenvalue weighted by atomic mass is 35.5. The number of esters is 1. The Balaban J connectivity index is 2.85. The summed E-state index contributed by atoms with van der Waals surface area (Å²) in [5.74, 6) is -1.35. The molecule has 1 heterocycles. The normalized spacial score (nSPS) is 10.7. The molecule has 18 heavy (non-hydrogen) atoms. The van der Waals surface area contributed by atoms with Crippen LogP contribution in [0.25, 0.3) is 10.9 Å². The van der Waals surface area contributed by atoms with Gasteiger partial charge in [0.2, 0.25) is 0 Å². The lowest BCUT2D eigenvalue weighted by Gasteiger charge is -2.06. The molecule has 0 spiro atoms. The number of hydrogen-bond acceptors (Lipinski definition) is 3. The van der Waals surface area contributed by atoms with Gasteiger partial charge in [0.25, 0.3) is 5.56 Å². The van der Waals surface area contributed by atoms with Crippen LogP contribution < -0.4 is 5.56 Å². The second-order valence-corrected chi connectivity index (χ2v) is 4.17. The van der Waals surface area contributed by atoms with E-state index in [1.165, 1.54) is 26.2 Å². The number of aromatic amines is 1. The second-order valence-electron chi connectivity index (χ2n) is 3.77. The summed E-state index contributed by atoms with van der Waals surface area (Å²) in [5.41, 5.74) is -0.230. The predicted molar refractivity (Wildman–Crippen MR) is 65.6 cm³/mol. The first-order valence-electron chi connectivity index (χ1n) is 5.05. The van der Waals surface area contributed by atoms with Crippen LogP contribution in [0.3, 0.4) is 0 Å². The van der Waals surface area contributed by atoms with Crippen molar-refractivity contribution in [2.24, 2.45) is 0 Å². The summed E-state index contributed by atoms with van der Waals surface area (Å²) in [6.07, 6.45) is 0. The number of benzene rings is 1. The van der Waals surface area contributed by atoms with Crippen molar-refractivity contribution in [3.8, 4) is 0 Å². The van der Waals surface area contributed by atoms with Gasteiger partial charge < -0.3 is 9.72 Å². The number of hydrogen-bond donors (Lipinski definition) is 1. The maximum Gasteiger partial charge on any atom is 0.343 e. The van der Waals surface area contributed by atoms with Crippen molar-refractivity contribution < 1.29 is 13.9 Å². The first kappa shape index (κ1) is 12.6. The molecule has 0 unspecified atom stereocenters. The zero-order valence-electron chi connectivity index (χ0n) is 9.64. The standard InChI is InChI=1S/C12H9ClFNO3/c1-5-9(14)8(13)4-6-3-7(12(17)18-2)11(16)15-10(5)6/h3-4H,1-2H3,(H,15,16). The average molecular weight is 270 g/mol. The van der Waals surface area contributed by atoms with Gasteiger partial charge in [-0.15, -0.1) is 0 Å². The Morgan fingerprint density at radius 2 is 2.11 bits per heavy atom. The second kappa shape index (κ2) is 4.42. The molecular formula is C12H9ClFNO3. The quantitative estimate of drug-likeness (QED) is 0.809. The fourth-order valence-electron chi connectivity index (χ4n) is 1.72. The Bertz CT molecular complexity index is 709. The Hall–Kier alpha value is -1.88. The van der Waals surface area contributed by atoms with Crippen LogP contribution in [0, 0.1) is 12.7 Å². The number of rotatable bonds is 1. The van der Waals surface area contributed by atoms with Gasteiger partial charge in [-0.25, -0.2) is 9.18 Å². The maximum atomic E-state index is 13.6. The molecule has 0 saturated heterocycles. The number of methoxy groups -OCH3 is 1. The van der Waals surface area contributed by atoms with E-state index in [4.69, 9.17) is 11.6 Å². The van der Waals surface area contributed by atoms with E-state index >= 15 is 0 Å². The molecule has 0 atom stereocenters. The lowest BCUT2D eigenvalue weighted by atomic mass is 10.1. The number of carbonyl (C=O) groups excluding carboxylic acids is 1. The van der Waals surface area contributed by atoms with Crippen LogP contribution in [0.5, 0.6) is 0 Å². The zero-order chi connectivity index (χ0) is 13.4.